The number of primary amides is 1. The third kappa shape index (κ3) is 4.19. The Morgan fingerprint density at radius 3 is 2.59 bits per heavy atom. The molecular formula is C19H16AsN4O2S. The van der Waals surface area contributed by atoms with E-state index in [0.717, 1.165) is 24.2 Å². The summed E-state index contributed by atoms with van der Waals surface area (Å²) in [6.07, 6.45) is 1.46. The molecule has 2 heterocycles. The van der Waals surface area contributed by atoms with E-state index in [-0.39, 0.29) is 0 Å². The molecule has 0 atom stereocenters. The molecule has 0 fully saturated rings. The second kappa shape index (κ2) is 7.51. The molecule has 3 N–H and O–H groups in total. The van der Waals surface area contributed by atoms with Gasteiger partial charge < -0.3 is 0 Å². The molecule has 0 aliphatic heterocycles. The average molecular weight is 439 g/mol. The van der Waals surface area contributed by atoms with Gasteiger partial charge in [-0.1, -0.05) is 0 Å². The number of nitriles is 1. The van der Waals surface area contributed by atoms with E-state index in [2.05, 4.69) is 16.0 Å². The molecule has 1 aromatic carbocycles. The first-order valence-corrected chi connectivity index (χ1v) is 10.7. The monoisotopic (exact) mass is 439 g/mol. The third-order valence-electron chi connectivity index (χ3n) is 4.03. The van der Waals surface area contributed by atoms with E-state index in [1.54, 1.807) is 12.1 Å². The van der Waals surface area contributed by atoms with E-state index < -0.39 is 32.8 Å². The summed E-state index contributed by atoms with van der Waals surface area (Å²) >= 11 is 0.901. The average Bonchev–Trinajstić information content (AvgIpc) is 3.06. The van der Waals surface area contributed by atoms with Crippen LogP contribution in [0.25, 0.3) is 10.4 Å². The molecule has 0 bridgehead atoms. The number of hydrogen-bond acceptors (Lipinski definition) is 5. The summed E-state index contributed by atoms with van der Waals surface area (Å²) in [6, 6.07) is 13.6. The summed E-state index contributed by atoms with van der Waals surface area (Å²) in [5.41, 5.74) is 6.95. The van der Waals surface area contributed by atoms with Crippen LogP contribution in [0.5, 0.6) is 0 Å². The van der Waals surface area contributed by atoms with Gasteiger partial charge >= 0.3 is 167 Å². The number of benzene rings is 1. The van der Waals surface area contributed by atoms with Crippen molar-refractivity contribution in [3.05, 3.63) is 64.2 Å². The molecule has 3 aromatic rings. The summed E-state index contributed by atoms with van der Waals surface area (Å²) in [5.74, 6) is -0.485. The zero-order valence-corrected chi connectivity index (χ0v) is 17.4. The molecule has 0 saturated heterocycles. The van der Waals surface area contributed by atoms with Gasteiger partial charge in [0.25, 0.3) is 0 Å². The Morgan fingerprint density at radius 2 is 2.00 bits per heavy atom. The molecule has 0 aliphatic carbocycles. The van der Waals surface area contributed by atoms with Crippen LogP contribution in [0.3, 0.4) is 0 Å². The van der Waals surface area contributed by atoms with Crippen LogP contribution in [0.15, 0.2) is 47.4 Å². The Kier molecular flexibility index (Phi) is 5.31. The zero-order valence-electron chi connectivity index (χ0n) is 14.7. The molecule has 3 rings (SSSR count). The topological polar surface area (TPSA) is 113 Å². The van der Waals surface area contributed by atoms with E-state index in [0.29, 0.717) is 5.56 Å². The Labute approximate surface area is 166 Å². The second-order valence-electron chi connectivity index (χ2n) is 6.38. The van der Waals surface area contributed by atoms with Crippen LogP contribution in [0.1, 0.15) is 29.8 Å². The Morgan fingerprint density at radius 1 is 1.30 bits per heavy atom. The SMILES string of the molecule is CC(C)(C#N)c1ccc(-c2cc(C(N)=O)c([As]c3ccnc(=O)[nH]3)s2)cc1. The molecule has 0 spiro atoms. The van der Waals surface area contributed by atoms with Crippen molar-refractivity contribution in [1.29, 1.82) is 5.26 Å². The predicted octanol–water partition coefficient (Wildman–Crippen LogP) is 1.05. The van der Waals surface area contributed by atoms with Crippen molar-refractivity contribution in [2.75, 3.05) is 0 Å². The third-order valence-corrected chi connectivity index (χ3v) is 8.05. The Balaban J connectivity index is 1.97. The van der Waals surface area contributed by atoms with Gasteiger partial charge in [0.05, 0.1) is 0 Å². The Hall–Kier alpha value is -2.68. The standard InChI is InChI=1S/C19H16AsN4O2S/c1-19(2,10-21)12-5-3-11(4-6-12)14-9-13(17(22)25)16(27-14)20-15-7-8-23-18(26)24-15/h3-9H,1-2H3,(H2,22,25)(H,23,24,26). The fraction of sp³-hybridized carbons (Fsp3) is 0.158. The van der Waals surface area contributed by atoms with Gasteiger partial charge in [0.2, 0.25) is 0 Å². The van der Waals surface area contributed by atoms with E-state index in [4.69, 9.17) is 5.73 Å². The quantitative estimate of drug-likeness (QED) is 0.579. The first-order valence-electron chi connectivity index (χ1n) is 8.03. The molecular weight excluding hydrogens is 423 g/mol. The van der Waals surface area contributed by atoms with Crippen molar-refractivity contribution < 1.29 is 4.79 Å². The number of hydrogen-bond donors (Lipinski definition) is 2. The maximum atomic E-state index is 11.9. The predicted molar refractivity (Wildman–Crippen MR) is 107 cm³/mol. The van der Waals surface area contributed by atoms with Crippen LogP contribution in [0, 0.1) is 11.3 Å². The van der Waals surface area contributed by atoms with Crippen LogP contribution in [0.4, 0.5) is 0 Å². The number of carbonyl (C=O) groups excluding carboxylic acids is 1. The van der Waals surface area contributed by atoms with Crippen LogP contribution in [-0.4, -0.2) is 31.6 Å². The van der Waals surface area contributed by atoms with E-state index in [1.807, 2.05) is 38.1 Å². The minimum atomic E-state index is -0.593. The number of nitrogens with one attached hydrogen (secondary N) is 1. The number of H-pyrrole nitrogens is 1. The normalized spacial score (nSPS) is 11.6. The number of rotatable bonds is 5. The number of amides is 1. The van der Waals surface area contributed by atoms with Crippen molar-refractivity contribution in [2.24, 2.45) is 5.73 Å². The summed E-state index contributed by atoms with van der Waals surface area (Å²) < 4.78 is 1.63. The van der Waals surface area contributed by atoms with Crippen molar-refractivity contribution >= 4 is 41.1 Å². The van der Waals surface area contributed by atoms with Crippen LogP contribution < -0.4 is 19.6 Å². The van der Waals surface area contributed by atoms with Crippen molar-refractivity contribution in [3.8, 4) is 16.5 Å². The molecule has 1 amide bonds. The first-order chi connectivity index (χ1) is 12.8. The first kappa shape index (κ1) is 19.1. The summed E-state index contributed by atoms with van der Waals surface area (Å²) in [7, 11) is 0. The molecule has 8 heteroatoms. The van der Waals surface area contributed by atoms with Gasteiger partial charge in [-0.2, -0.15) is 0 Å². The summed E-state index contributed by atoms with van der Waals surface area (Å²) in [6.45, 7) is 3.74. The number of thiophene rings is 1. The molecule has 0 saturated carbocycles. The maximum absolute atomic E-state index is 11.9. The van der Waals surface area contributed by atoms with E-state index in [9.17, 15) is 14.9 Å². The molecule has 135 valence electrons. The summed E-state index contributed by atoms with van der Waals surface area (Å²) in [5, 5.41) is 9.27. The van der Waals surface area contributed by atoms with E-state index >= 15 is 0 Å². The van der Waals surface area contributed by atoms with Crippen molar-refractivity contribution in [3.63, 3.8) is 0 Å². The number of nitrogens with zero attached hydrogens (tertiary/aromatic N) is 2. The number of carbonyl (C=O) groups is 1. The van der Waals surface area contributed by atoms with Gasteiger partial charge in [0, 0.05) is 0 Å². The molecule has 0 unspecified atom stereocenters. The fourth-order valence-electron chi connectivity index (χ4n) is 2.43. The minimum absolute atomic E-state index is 0.407. The Bertz CT molecular complexity index is 1090. The van der Waals surface area contributed by atoms with Gasteiger partial charge in [-0.05, 0) is 0 Å². The molecule has 2 aromatic heterocycles. The van der Waals surface area contributed by atoms with Gasteiger partial charge in [-0.25, -0.2) is 0 Å². The van der Waals surface area contributed by atoms with Gasteiger partial charge in [0.15, 0.2) is 0 Å². The van der Waals surface area contributed by atoms with Crippen LogP contribution in [0.2, 0.25) is 0 Å². The fourth-order valence-corrected chi connectivity index (χ4v) is 6.50. The van der Waals surface area contributed by atoms with Crippen LogP contribution >= 0.6 is 11.3 Å². The number of aromatic amines is 1. The molecule has 0 aliphatic rings. The summed E-state index contributed by atoms with van der Waals surface area (Å²) in [4.78, 5) is 30.5. The van der Waals surface area contributed by atoms with Crippen molar-refractivity contribution in [1.82, 2.24) is 9.97 Å². The zero-order chi connectivity index (χ0) is 19.6. The van der Waals surface area contributed by atoms with Gasteiger partial charge in [-0.3, -0.25) is 0 Å². The molecule has 1 radical (unpaired) electrons. The van der Waals surface area contributed by atoms with Crippen molar-refractivity contribution in [2.45, 2.75) is 19.3 Å². The van der Waals surface area contributed by atoms with Gasteiger partial charge in [-0.15, -0.1) is 0 Å². The number of aromatic nitrogens is 2. The second-order valence-corrected chi connectivity index (χ2v) is 10.5. The van der Waals surface area contributed by atoms with Gasteiger partial charge in [0.1, 0.15) is 0 Å². The van der Waals surface area contributed by atoms with Crippen LogP contribution in [-0.2, 0) is 5.41 Å². The molecule has 27 heavy (non-hydrogen) atoms. The van der Waals surface area contributed by atoms with E-state index in [1.165, 1.54) is 17.5 Å². The number of nitrogens with two attached hydrogens (primary N) is 1. The molecule has 6 nitrogen and oxygen atoms in total.